The number of carbonyl (C=O) groups excluding carboxylic acids is 1. The van der Waals surface area contributed by atoms with E-state index in [0.717, 1.165) is 25.2 Å². The van der Waals surface area contributed by atoms with Gasteiger partial charge in [-0.2, -0.15) is 8.78 Å². The Balaban J connectivity index is 1.75. The number of amides is 1. The molecule has 0 aliphatic carbocycles. The van der Waals surface area contributed by atoms with Gasteiger partial charge >= 0.3 is 5.76 Å². The van der Waals surface area contributed by atoms with Gasteiger partial charge in [0.05, 0.1) is 4.90 Å². The van der Waals surface area contributed by atoms with Crippen LogP contribution in [0.4, 0.5) is 8.78 Å². The molecule has 22 heavy (non-hydrogen) atoms. The van der Waals surface area contributed by atoms with Gasteiger partial charge < -0.3 is 10.2 Å². The van der Waals surface area contributed by atoms with E-state index in [0.29, 0.717) is 30.5 Å². The summed E-state index contributed by atoms with van der Waals surface area (Å²) < 4.78 is 47.6. The number of nitrogens with one attached hydrogen (secondary N) is 1. The van der Waals surface area contributed by atoms with E-state index in [-0.39, 0.29) is 5.91 Å². The zero-order chi connectivity index (χ0) is 15.9. The molecule has 0 unspecified atom stereocenters. The second kappa shape index (κ2) is 5.58. The second-order valence-corrected chi connectivity index (χ2v) is 7.64. The number of sulfone groups is 1. The highest BCUT2D eigenvalue weighted by atomic mass is 32.2. The summed E-state index contributed by atoms with van der Waals surface area (Å²) in [5.74, 6) is -2.72. The van der Waals surface area contributed by atoms with Crippen LogP contribution >= 0.6 is 0 Å². The highest BCUT2D eigenvalue weighted by Gasteiger charge is 2.38. The van der Waals surface area contributed by atoms with Crippen LogP contribution in [0.3, 0.4) is 0 Å². The first-order valence-electron chi connectivity index (χ1n) is 7.01. The molecule has 1 amide bonds. The van der Waals surface area contributed by atoms with Crippen molar-refractivity contribution in [2.75, 3.05) is 26.2 Å². The maximum atomic E-state index is 12.5. The molecule has 0 bridgehead atoms. The maximum absolute atomic E-state index is 12.5. The zero-order valence-corrected chi connectivity index (χ0v) is 12.5. The molecule has 1 N–H and O–H groups in total. The number of benzene rings is 1. The Morgan fingerprint density at radius 2 is 1.68 bits per heavy atom. The van der Waals surface area contributed by atoms with Crippen molar-refractivity contribution in [2.45, 2.75) is 10.7 Å². The molecule has 0 saturated carbocycles. The Morgan fingerprint density at radius 3 is 2.18 bits per heavy atom. The van der Waals surface area contributed by atoms with Gasteiger partial charge in [-0.25, -0.2) is 8.42 Å². The zero-order valence-electron chi connectivity index (χ0n) is 11.7. The fourth-order valence-electron chi connectivity index (χ4n) is 3.09. The predicted molar refractivity (Wildman–Crippen MR) is 75.4 cm³/mol. The summed E-state index contributed by atoms with van der Waals surface area (Å²) in [5.41, 5.74) is 0.321. The molecular weight excluding hydrogens is 314 g/mol. The van der Waals surface area contributed by atoms with E-state index in [9.17, 15) is 22.0 Å². The smallest absolute Gasteiger partial charge is 0.338 e. The Hall–Kier alpha value is -1.54. The van der Waals surface area contributed by atoms with Crippen molar-refractivity contribution in [3.05, 3.63) is 29.8 Å². The Labute approximate surface area is 127 Å². The van der Waals surface area contributed by atoms with Gasteiger partial charge in [-0.15, -0.1) is 0 Å². The van der Waals surface area contributed by atoms with E-state index >= 15 is 0 Å². The van der Waals surface area contributed by atoms with E-state index in [2.05, 4.69) is 5.32 Å². The highest BCUT2D eigenvalue weighted by Crippen LogP contribution is 2.27. The number of rotatable bonds is 3. The number of fused-ring (bicyclic) bond motifs is 1. The minimum atomic E-state index is -4.62. The number of alkyl halides is 2. The summed E-state index contributed by atoms with van der Waals surface area (Å²) in [4.78, 5) is 13.7. The number of likely N-dealkylation sites (tertiary alicyclic amines) is 1. The van der Waals surface area contributed by atoms with Crippen LogP contribution in [-0.2, 0) is 9.84 Å². The quantitative estimate of drug-likeness (QED) is 0.897. The first-order valence-corrected chi connectivity index (χ1v) is 8.56. The van der Waals surface area contributed by atoms with Crippen molar-refractivity contribution in [3.63, 3.8) is 0 Å². The third-order valence-corrected chi connectivity index (χ3v) is 5.74. The van der Waals surface area contributed by atoms with Crippen LogP contribution in [-0.4, -0.2) is 51.2 Å². The topological polar surface area (TPSA) is 66.5 Å². The molecule has 5 nitrogen and oxygen atoms in total. The van der Waals surface area contributed by atoms with Crippen LogP contribution in [0.25, 0.3) is 0 Å². The SMILES string of the molecule is O=C(c1ccc(S(=O)(=O)C(F)F)cc1)N1C[C@H]2CNC[C@H]2C1. The minimum absolute atomic E-state index is 0.185. The third kappa shape index (κ3) is 2.61. The van der Waals surface area contributed by atoms with Gasteiger partial charge in [0.25, 0.3) is 5.91 Å². The molecule has 2 atom stereocenters. The van der Waals surface area contributed by atoms with Crippen molar-refractivity contribution in [1.29, 1.82) is 0 Å². The summed E-state index contributed by atoms with van der Waals surface area (Å²) in [6.45, 7) is 3.15. The maximum Gasteiger partial charge on any atom is 0.341 e. The van der Waals surface area contributed by atoms with E-state index in [1.54, 1.807) is 4.90 Å². The standard InChI is InChI=1S/C14H16F2N2O3S/c15-14(16)22(20,21)12-3-1-9(2-4-12)13(19)18-7-10-5-17-6-11(10)8-18/h1-4,10-11,14,17H,5-8H2/t10-,11+. The van der Waals surface area contributed by atoms with Crippen LogP contribution in [0.5, 0.6) is 0 Å². The fraction of sp³-hybridized carbons (Fsp3) is 0.500. The van der Waals surface area contributed by atoms with Crippen LogP contribution in [0.15, 0.2) is 29.2 Å². The van der Waals surface area contributed by atoms with Crippen LogP contribution in [0.1, 0.15) is 10.4 Å². The van der Waals surface area contributed by atoms with Crippen molar-refractivity contribution in [1.82, 2.24) is 10.2 Å². The Bertz CT molecular complexity index is 664. The number of carbonyl (C=O) groups is 1. The molecule has 2 fully saturated rings. The molecule has 2 aliphatic rings. The van der Waals surface area contributed by atoms with Crippen molar-refractivity contribution in [3.8, 4) is 0 Å². The van der Waals surface area contributed by atoms with Gasteiger partial charge in [0, 0.05) is 31.7 Å². The average Bonchev–Trinajstić information content (AvgIpc) is 3.07. The number of halogens is 2. The van der Waals surface area contributed by atoms with Gasteiger partial charge in [0.15, 0.2) is 0 Å². The lowest BCUT2D eigenvalue weighted by Crippen LogP contribution is -2.31. The fourth-order valence-corrected chi connectivity index (χ4v) is 3.82. The van der Waals surface area contributed by atoms with Gasteiger partial charge in [0.1, 0.15) is 0 Å². The predicted octanol–water partition coefficient (Wildman–Crippen LogP) is 0.974. The normalized spacial score (nSPS) is 24.8. The molecule has 1 aromatic carbocycles. The summed E-state index contributed by atoms with van der Waals surface area (Å²) in [5, 5.41) is 3.28. The molecule has 0 radical (unpaired) electrons. The summed E-state index contributed by atoms with van der Waals surface area (Å²) in [6, 6.07) is 4.72. The second-order valence-electron chi connectivity index (χ2n) is 5.72. The van der Waals surface area contributed by atoms with Crippen molar-refractivity contribution < 1.29 is 22.0 Å². The summed E-state index contributed by atoms with van der Waals surface area (Å²) in [7, 11) is -4.62. The van der Waals surface area contributed by atoms with Gasteiger partial charge in [-0.1, -0.05) is 0 Å². The number of nitrogens with zero attached hydrogens (tertiary/aromatic N) is 1. The molecule has 2 heterocycles. The molecule has 1 aromatic rings. The summed E-state index contributed by atoms with van der Waals surface area (Å²) in [6.07, 6.45) is 0. The molecule has 8 heteroatoms. The Kier molecular flexibility index (Phi) is 3.90. The van der Waals surface area contributed by atoms with Gasteiger partial charge in [-0.05, 0) is 36.1 Å². The highest BCUT2D eigenvalue weighted by molar-refractivity contribution is 7.91. The van der Waals surface area contributed by atoms with E-state index in [1.807, 2.05) is 0 Å². The molecule has 0 aromatic heterocycles. The van der Waals surface area contributed by atoms with Gasteiger partial charge in [0.2, 0.25) is 9.84 Å². The lowest BCUT2D eigenvalue weighted by Gasteiger charge is -2.17. The average molecular weight is 330 g/mol. The molecular formula is C14H16F2N2O3S. The lowest BCUT2D eigenvalue weighted by atomic mass is 10.0. The third-order valence-electron chi connectivity index (χ3n) is 4.34. The molecule has 2 saturated heterocycles. The van der Waals surface area contributed by atoms with E-state index < -0.39 is 20.5 Å². The first kappa shape index (κ1) is 15.4. The van der Waals surface area contributed by atoms with Crippen LogP contribution in [0.2, 0.25) is 0 Å². The van der Waals surface area contributed by atoms with Crippen LogP contribution < -0.4 is 5.32 Å². The summed E-state index contributed by atoms with van der Waals surface area (Å²) >= 11 is 0. The molecule has 0 spiro atoms. The Morgan fingerprint density at radius 1 is 1.14 bits per heavy atom. The van der Waals surface area contributed by atoms with Crippen LogP contribution in [0, 0.1) is 11.8 Å². The first-order chi connectivity index (χ1) is 10.4. The van der Waals surface area contributed by atoms with E-state index in [4.69, 9.17) is 0 Å². The monoisotopic (exact) mass is 330 g/mol. The van der Waals surface area contributed by atoms with E-state index in [1.165, 1.54) is 12.1 Å². The largest absolute Gasteiger partial charge is 0.341 e. The molecule has 2 aliphatic heterocycles. The lowest BCUT2D eigenvalue weighted by molar-refractivity contribution is 0.0781. The number of hydrogen-bond donors (Lipinski definition) is 1. The molecule has 120 valence electrons. The number of hydrogen-bond acceptors (Lipinski definition) is 4. The minimum Gasteiger partial charge on any atom is -0.338 e. The van der Waals surface area contributed by atoms with Crippen molar-refractivity contribution in [2.24, 2.45) is 11.8 Å². The van der Waals surface area contributed by atoms with Gasteiger partial charge in [-0.3, -0.25) is 4.79 Å². The van der Waals surface area contributed by atoms with Crippen molar-refractivity contribution >= 4 is 15.7 Å². The molecule has 3 rings (SSSR count).